The van der Waals surface area contributed by atoms with Gasteiger partial charge >= 0.3 is 5.97 Å². The summed E-state index contributed by atoms with van der Waals surface area (Å²) in [5, 5.41) is 8.69. The molecule has 132 valence electrons. The highest BCUT2D eigenvalue weighted by Crippen LogP contribution is 2.42. The van der Waals surface area contributed by atoms with Gasteiger partial charge in [0.05, 0.1) is 6.42 Å². The molecule has 2 aliphatic rings. The molecule has 0 aromatic heterocycles. The van der Waals surface area contributed by atoms with Gasteiger partial charge in [-0.05, 0) is 62.2 Å². The van der Waals surface area contributed by atoms with E-state index >= 15 is 0 Å². The maximum atomic E-state index is 10.6. The van der Waals surface area contributed by atoms with Crippen LogP contribution in [0.3, 0.4) is 0 Å². The molecule has 2 aliphatic carbocycles. The predicted octanol–water partition coefficient (Wildman–Crippen LogP) is 6.21. The summed E-state index contributed by atoms with van der Waals surface area (Å²) < 4.78 is 0. The minimum Gasteiger partial charge on any atom is -0.481 e. The molecule has 2 heteroatoms. The van der Waals surface area contributed by atoms with Crippen molar-refractivity contribution in [2.75, 3.05) is 0 Å². The molecule has 23 heavy (non-hydrogen) atoms. The molecule has 0 aromatic carbocycles. The van der Waals surface area contributed by atoms with Gasteiger partial charge in [-0.1, -0.05) is 57.6 Å². The van der Waals surface area contributed by atoms with Gasteiger partial charge in [-0.3, -0.25) is 4.79 Å². The monoisotopic (exact) mass is 320 g/mol. The summed E-state index contributed by atoms with van der Waals surface area (Å²) in [7, 11) is 0. The first kappa shape index (κ1) is 18.5. The fraction of sp³-hybridized carbons (Fsp3) is 0.857. The summed E-state index contributed by atoms with van der Waals surface area (Å²) in [6.45, 7) is 2.30. The number of unbranched alkanes of at least 4 members (excludes halogenated alkanes) is 2. The van der Waals surface area contributed by atoms with Crippen molar-refractivity contribution in [3.05, 3.63) is 12.2 Å². The Balaban J connectivity index is 1.63. The van der Waals surface area contributed by atoms with Crippen molar-refractivity contribution in [1.29, 1.82) is 0 Å². The maximum absolute atomic E-state index is 10.6. The third kappa shape index (κ3) is 6.69. The first-order valence-corrected chi connectivity index (χ1v) is 10.1. The van der Waals surface area contributed by atoms with E-state index in [9.17, 15) is 4.79 Å². The molecule has 2 saturated carbocycles. The highest BCUT2D eigenvalue weighted by atomic mass is 16.4. The van der Waals surface area contributed by atoms with Gasteiger partial charge in [0.25, 0.3) is 0 Å². The second-order valence-corrected chi connectivity index (χ2v) is 7.98. The highest BCUT2D eigenvalue weighted by Gasteiger charge is 2.30. The van der Waals surface area contributed by atoms with Gasteiger partial charge in [0.2, 0.25) is 0 Å². The molecule has 0 aliphatic heterocycles. The fourth-order valence-corrected chi connectivity index (χ4v) is 4.80. The molecule has 2 nitrogen and oxygen atoms in total. The second-order valence-electron chi connectivity index (χ2n) is 7.98. The van der Waals surface area contributed by atoms with Gasteiger partial charge in [-0.15, -0.1) is 0 Å². The number of carboxylic acids is 1. The Morgan fingerprint density at radius 2 is 1.57 bits per heavy atom. The molecule has 0 spiro atoms. The second kappa shape index (κ2) is 10.2. The number of aliphatic carboxylic acids is 1. The lowest BCUT2D eigenvalue weighted by Gasteiger charge is -2.37. The van der Waals surface area contributed by atoms with E-state index in [-0.39, 0.29) is 6.42 Å². The summed E-state index contributed by atoms with van der Waals surface area (Å²) in [5.74, 6) is 2.88. The van der Waals surface area contributed by atoms with Gasteiger partial charge in [0.15, 0.2) is 0 Å². The molecule has 0 radical (unpaired) electrons. The lowest BCUT2D eigenvalue weighted by Crippen LogP contribution is -2.25. The molecule has 2 rings (SSSR count). The number of hydrogen-bond acceptors (Lipinski definition) is 1. The summed E-state index contributed by atoms with van der Waals surface area (Å²) in [6, 6.07) is 0. The lowest BCUT2D eigenvalue weighted by molar-refractivity contribution is -0.136. The molecule has 0 saturated heterocycles. The first-order chi connectivity index (χ1) is 11.2. The van der Waals surface area contributed by atoms with Crippen molar-refractivity contribution in [2.45, 2.75) is 90.4 Å². The first-order valence-electron chi connectivity index (χ1n) is 10.1. The number of hydrogen-bond donors (Lipinski definition) is 1. The zero-order valence-electron chi connectivity index (χ0n) is 15.0. The normalized spacial score (nSPS) is 32.2. The smallest absolute Gasteiger partial charge is 0.307 e. The van der Waals surface area contributed by atoms with E-state index in [0.717, 1.165) is 17.8 Å². The molecular weight excluding hydrogens is 284 g/mol. The average molecular weight is 321 g/mol. The quantitative estimate of drug-likeness (QED) is 0.426. The number of carbonyl (C=O) groups is 1. The standard InChI is InChI=1S/C21H36O2/c1-2-3-4-6-17-9-13-19(14-10-17)20-15-11-18(12-16-20)7-5-8-21(22)23/h5,7,17-20H,2-4,6,8-16H2,1H3,(H,22,23). The van der Waals surface area contributed by atoms with Crippen molar-refractivity contribution in [3.63, 3.8) is 0 Å². The van der Waals surface area contributed by atoms with Crippen LogP contribution in [-0.4, -0.2) is 11.1 Å². The van der Waals surface area contributed by atoms with Gasteiger partial charge in [0, 0.05) is 0 Å². The van der Waals surface area contributed by atoms with Gasteiger partial charge in [-0.2, -0.15) is 0 Å². The van der Waals surface area contributed by atoms with E-state index in [1.165, 1.54) is 77.0 Å². The van der Waals surface area contributed by atoms with Crippen LogP contribution in [0.4, 0.5) is 0 Å². The molecule has 2 fully saturated rings. The summed E-state index contributed by atoms with van der Waals surface area (Å²) in [5.41, 5.74) is 0. The average Bonchev–Trinajstić information content (AvgIpc) is 2.56. The van der Waals surface area contributed by atoms with Crippen LogP contribution in [0.5, 0.6) is 0 Å². The third-order valence-corrected chi connectivity index (χ3v) is 6.29. The molecule has 0 amide bonds. The van der Waals surface area contributed by atoms with E-state index in [1.54, 1.807) is 0 Å². The van der Waals surface area contributed by atoms with Gasteiger partial charge < -0.3 is 5.11 Å². The third-order valence-electron chi connectivity index (χ3n) is 6.29. The minimum atomic E-state index is -0.717. The molecule has 0 unspecified atom stereocenters. The largest absolute Gasteiger partial charge is 0.481 e. The maximum Gasteiger partial charge on any atom is 0.307 e. The fourth-order valence-electron chi connectivity index (χ4n) is 4.80. The summed E-state index contributed by atoms with van der Waals surface area (Å²) in [6.07, 6.45) is 21.1. The molecule has 1 N–H and O–H groups in total. The van der Waals surface area contributed by atoms with Crippen molar-refractivity contribution < 1.29 is 9.90 Å². The highest BCUT2D eigenvalue weighted by molar-refractivity contribution is 5.68. The van der Waals surface area contributed by atoms with E-state index in [4.69, 9.17) is 5.11 Å². The Hall–Kier alpha value is -0.790. The Labute approximate surface area is 142 Å². The minimum absolute atomic E-state index is 0.183. The Bertz CT molecular complexity index is 358. The Kier molecular flexibility index (Phi) is 8.19. The Morgan fingerprint density at radius 3 is 2.13 bits per heavy atom. The molecule has 0 atom stereocenters. The van der Waals surface area contributed by atoms with E-state index in [0.29, 0.717) is 5.92 Å². The molecular formula is C21H36O2. The van der Waals surface area contributed by atoms with E-state index < -0.39 is 5.97 Å². The molecule has 0 aromatic rings. The SMILES string of the molecule is CCCCCC1CCC(C2CCC(C=CCC(=O)O)CC2)CC1. The van der Waals surface area contributed by atoms with Crippen LogP contribution in [0.1, 0.15) is 90.4 Å². The van der Waals surface area contributed by atoms with Crippen LogP contribution in [0, 0.1) is 23.7 Å². The summed E-state index contributed by atoms with van der Waals surface area (Å²) >= 11 is 0. The van der Waals surface area contributed by atoms with E-state index in [2.05, 4.69) is 13.0 Å². The zero-order valence-corrected chi connectivity index (χ0v) is 15.0. The van der Waals surface area contributed by atoms with Crippen LogP contribution in [0.2, 0.25) is 0 Å². The van der Waals surface area contributed by atoms with Crippen molar-refractivity contribution in [3.8, 4) is 0 Å². The van der Waals surface area contributed by atoms with Crippen LogP contribution >= 0.6 is 0 Å². The van der Waals surface area contributed by atoms with Crippen molar-refractivity contribution in [1.82, 2.24) is 0 Å². The number of allylic oxidation sites excluding steroid dienone is 1. The molecule has 0 bridgehead atoms. The van der Waals surface area contributed by atoms with Crippen LogP contribution in [-0.2, 0) is 4.79 Å². The van der Waals surface area contributed by atoms with E-state index in [1.807, 2.05) is 6.08 Å². The number of rotatable bonds is 8. The summed E-state index contributed by atoms with van der Waals surface area (Å²) in [4.78, 5) is 10.6. The van der Waals surface area contributed by atoms with Crippen LogP contribution < -0.4 is 0 Å². The zero-order chi connectivity index (χ0) is 16.5. The lowest BCUT2D eigenvalue weighted by atomic mass is 9.68. The Morgan fingerprint density at radius 1 is 0.957 bits per heavy atom. The van der Waals surface area contributed by atoms with Crippen molar-refractivity contribution >= 4 is 5.97 Å². The number of carboxylic acid groups (broad SMARTS) is 1. The van der Waals surface area contributed by atoms with Crippen LogP contribution in [0.25, 0.3) is 0 Å². The van der Waals surface area contributed by atoms with Crippen LogP contribution in [0.15, 0.2) is 12.2 Å². The van der Waals surface area contributed by atoms with Gasteiger partial charge in [-0.25, -0.2) is 0 Å². The van der Waals surface area contributed by atoms with Gasteiger partial charge in [0.1, 0.15) is 0 Å². The molecule has 0 heterocycles. The predicted molar refractivity (Wildman–Crippen MR) is 96.4 cm³/mol. The topological polar surface area (TPSA) is 37.3 Å². The van der Waals surface area contributed by atoms with Crippen molar-refractivity contribution in [2.24, 2.45) is 23.7 Å².